The Morgan fingerprint density at radius 3 is 2.40 bits per heavy atom. The van der Waals surface area contributed by atoms with Crippen LogP contribution in [0.1, 0.15) is 38.2 Å². The Bertz CT molecular complexity index is 617. The number of carbonyl (C=O) groups excluding carboxylic acids is 3. The number of amides is 4. The smallest absolute Gasteiger partial charge is 0.276 e. The summed E-state index contributed by atoms with van der Waals surface area (Å²) in [5, 5.41) is 2.30. The van der Waals surface area contributed by atoms with Crippen molar-refractivity contribution in [3.63, 3.8) is 0 Å². The van der Waals surface area contributed by atoms with Crippen molar-refractivity contribution in [2.45, 2.75) is 32.6 Å². The summed E-state index contributed by atoms with van der Waals surface area (Å²) in [7, 11) is 0. The Hall–Kier alpha value is -2.17. The Balaban J connectivity index is 2.07. The fraction of sp³-hybridized carbons (Fsp3) is 0.400. The van der Waals surface area contributed by atoms with Crippen molar-refractivity contribution in [3.8, 4) is 0 Å². The Kier molecular flexibility index (Phi) is 2.67. The lowest BCUT2D eigenvalue weighted by Crippen LogP contribution is -2.59. The van der Waals surface area contributed by atoms with E-state index in [0.717, 1.165) is 10.5 Å². The number of para-hydroxylation sites is 1. The average molecular weight is 272 g/mol. The van der Waals surface area contributed by atoms with Crippen LogP contribution in [0.2, 0.25) is 0 Å². The highest BCUT2D eigenvalue weighted by Gasteiger charge is 2.62. The van der Waals surface area contributed by atoms with Gasteiger partial charge in [-0.15, -0.1) is 0 Å². The third kappa shape index (κ3) is 1.66. The third-order valence-corrected chi connectivity index (χ3v) is 4.02. The molecule has 4 amide bonds. The topological polar surface area (TPSA) is 66.5 Å². The number of barbiturate groups is 1. The summed E-state index contributed by atoms with van der Waals surface area (Å²) in [5.41, 5.74) is 0.489. The minimum Gasteiger partial charge on any atom is -0.276 e. The number of hydrogen-bond donors (Lipinski definition) is 1. The van der Waals surface area contributed by atoms with Gasteiger partial charge in [0.1, 0.15) is 5.41 Å². The maximum atomic E-state index is 12.5. The third-order valence-electron chi connectivity index (χ3n) is 4.02. The first-order chi connectivity index (χ1) is 9.47. The van der Waals surface area contributed by atoms with Crippen molar-refractivity contribution in [2.24, 2.45) is 5.41 Å². The molecular formula is C15H16N2O3. The second kappa shape index (κ2) is 4.16. The Morgan fingerprint density at radius 2 is 1.80 bits per heavy atom. The first-order valence-corrected chi connectivity index (χ1v) is 6.76. The van der Waals surface area contributed by atoms with Crippen molar-refractivity contribution < 1.29 is 14.4 Å². The highest BCUT2D eigenvalue weighted by Crippen LogP contribution is 2.50. The molecule has 0 bridgehead atoms. The van der Waals surface area contributed by atoms with Crippen LogP contribution in [0.15, 0.2) is 24.3 Å². The highest BCUT2D eigenvalue weighted by molar-refractivity contribution is 6.31. The van der Waals surface area contributed by atoms with E-state index in [0.29, 0.717) is 18.5 Å². The van der Waals surface area contributed by atoms with Crippen molar-refractivity contribution >= 4 is 23.5 Å². The fourth-order valence-corrected chi connectivity index (χ4v) is 2.64. The van der Waals surface area contributed by atoms with Gasteiger partial charge in [-0.3, -0.25) is 14.9 Å². The van der Waals surface area contributed by atoms with Gasteiger partial charge in [0.05, 0.1) is 5.69 Å². The van der Waals surface area contributed by atoms with Gasteiger partial charge in [0.2, 0.25) is 5.91 Å². The predicted molar refractivity (Wildman–Crippen MR) is 73.2 cm³/mol. The van der Waals surface area contributed by atoms with Gasteiger partial charge in [0, 0.05) is 0 Å². The number of benzene rings is 1. The quantitative estimate of drug-likeness (QED) is 0.839. The molecule has 1 saturated carbocycles. The molecule has 0 unspecified atom stereocenters. The van der Waals surface area contributed by atoms with Crippen LogP contribution in [0, 0.1) is 5.41 Å². The van der Waals surface area contributed by atoms with E-state index in [1.54, 1.807) is 12.1 Å². The van der Waals surface area contributed by atoms with Crippen LogP contribution in [0.5, 0.6) is 0 Å². The molecule has 20 heavy (non-hydrogen) atoms. The number of rotatable bonds is 2. The van der Waals surface area contributed by atoms with Crippen LogP contribution >= 0.6 is 0 Å². The minimum atomic E-state index is -1.00. The van der Waals surface area contributed by atoms with Crippen LogP contribution in [-0.2, 0) is 9.59 Å². The number of nitrogens with zero attached hydrogens (tertiary/aromatic N) is 1. The van der Waals surface area contributed by atoms with Crippen molar-refractivity contribution in [1.82, 2.24) is 5.32 Å². The number of carbonyl (C=O) groups is 3. The maximum absolute atomic E-state index is 12.5. The second-order valence-corrected chi connectivity index (χ2v) is 5.70. The molecule has 1 aliphatic carbocycles. The van der Waals surface area contributed by atoms with Crippen LogP contribution in [0.3, 0.4) is 0 Å². The van der Waals surface area contributed by atoms with Gasteiger partial charge in [-0.1, -0.05) is 32.0 Å². The van der Waals surface area contributed by atoms with Gasteiger partial charge < -0.3 is 0 Å². The number of anilines is 1. The van der Waals surface area contributed by atoms with Crippen LogP contribution in [0.25, 0.3) is 0 Å². The van der Waals surface area contributed by atoms with E-state index in [1.165, 1.54) is 0 Å². The molecule has 104 valence electrons. The SMILES string of the molecule is CC(C)c1ccccc1N1C(=O)NC(=O)C2(CC2)C1=O. The molecule has 1 aliphatic heterocycles. The van der Waals surface area contributed by atoms with Gasteiger partial charge in [0.15, 0.2) is 0 Å². The molecule has 5 heteroatoms. The molecule has 5 nitrogen and oxygen atoms in total. The van der Waals surface area contributed by atoms with Crippen LogP contribution < -0.4 is 10.2 Å². The van der Waals surface area contributed by atoms with Crippen LogP contribution in [-0.4, -0.2) is 17.8 Å². The fourth-order valence-electron chi connectivity index (χ4n) is 2.64. The maximum Gasteiger partial charge on any atom is 0.335 e. The predicted octanol–water partition coefficient (Wildman–Crippen LogP) is 2.17. The zero-order valence-corrected chi connectivity index (χ0v) is 11.5. The van der Waals surface area contributed by atoms with E-state index in [-0.39, 0.29) is 11.8 Å². The molecule has 1 N–H and O–H groups in total. The van der Waals surface area contributed by atoms with Crippen molar-refractivity contribution in [2.75, 3.05) is 4.90 Å². The first kappa shape index (κ1) is 12.8. The summed E-state index contributed by atoms with van der Waals surface area (Å²) >= 11 is 0. The molecule has 2 aliphatic rings. The van der Waals surface area contributed by atoms with E-state index in [2.05, 4.69) is 5.32 Å². The number of urea groups is 1. The lowest BCUT2D eigenvalue weighted by molar-refractivity contribution is -0.136. The van der Waals surface area contributed by atoms with Crippen molar-refractivity contribution in [1.29, 1.82) is 0 Å². The number of imide groups is 2. The molecule has 0 radical (unpaired) electrons. The first-order valence-electron chi connectivity index (χ1n) is 6.76. The standard InChI is InChI=1S/C15H16N2O3/c1-9(2)10-5-3-4-6-11(10)17-13(19)15(7-8-15)12(18)16-14(17)20/h3-6,9H,7-8H2,1-2H3,(H,16,18,20). The summed E-state index contributed by atoms with van der Waals surface area (Å²) in [4.78, 5) is 37.6. The monoisotopic (exact) mass is 272 g/mol. The summed E-state index contributed by atoms with van der Waals surface area (Å²) in [6.45, 7) is 4.01. The molecule has 2 fully saturated rings. The molecule has 1 heterocycles. The number of nitrogens with one attached hydrogen (secondary N) is 1. The van der Waals surface area contributed by atoms with Gasteiger partial charge in [-0.2, -0.15) is 0 Å². The van der Waals surface area contributed by atoms with Crippen molar-refractivity contribution in [3.05, 3.63) is 29.8 Å². The lowest BCUT2D eigenvalue weighted by Gasteiger charge is -2.32. The molecule has 1 aromatic rings. The van der Waals surface area contributed by atoms with E-state index in [4.69, 9.17) is 0 Å². The normalized spacial score (nSPS) is 20.6. The zero-order chi connectivity index (χ0) is 14.5. The molecule has 1 spiro atoms. The summed E-state index contributed by atoms with van der Waals surface area (Å²) in [5.74, 6) is -0.662. The van der Waals surface area contributed by atoms with Crippen LogP contribution in [0.4, 0.5) is 10.5 Å². The second-order valence-electron chi connectivity index (χ2n) is 5.70. The number of hydrogen-bond acceptors (Lipinski definition) is 3. The lowest BCUT2D eigenvalue weighted by atomic mass is 9.97. The molecule has 1 saturated heterocycles. The van der Waals surface area contributed by atoms with Gasteiger partial charge >= 0.3 is 6.03 Å². The Labute approximate surface area is 116 Å². The van der Waals surface area contributed by atoms with E-state index < -0.39 is 17.4 Å². The van der Waals surface area contributed by atoms with Gasteiger partial charge in [-0.05, 0) is 30.4 Å². The molecular weight excluding hydrogens is 256 g/mol. The summed E-state index contributed by atoms with van der Waals surface area (Å²) in [6, 6.07) is 6.67. The molecule has 3 rings (SSSR count). The zero-order valence-electron chi connectivity index (χ0n) is 11.5. The van der Waals surface area contributed by atoms with E-state index in [1.807, 2.05) is 26.0 Å². The van der Waals surface area contributed by atoms with E-state index in [9.17, 15) is 14.4 Å². The molecule has 0 aromatic heterocycles. The molecule has 1 aromatic carbocycles. The van der Waals surface area contributed by atoms with Gasteiger partial charge in [0.25, 0.3) is 5.91 Å². The average Bonchev–Trinajstić information content (AvgIpc) is 3.19. The minimum absolute atomic E-state index is 0.180. The van der Waals surface area contributed by atoms with E-state index >= 15 is 0 Å². The summed E-state index contributed by atoms with van der Waals surface area (Å²) in [6.07, 6.45) is 1.04. The highest BCUT2D eigenvalue weighted by atomic mass is 16.2. The summed E-state index contributed by atoms with van der Waals surface area (Å²) < 4.78 is 0. The molecule has 0 atom stereocenters. The largest absolute Gasteiger partial charge is 0.335 e. The Morgan fingerprint density at radius 1 is 1.15 bits per heavy atom. The van der Waals surface area contributed by atoms with Gasteiger partial charge in [-0.25, -0.2) is 9.69 Å².